The molecule has 1 aromatic heterocycles. The van der Waals surface area contributed by atoms with E-state index >= 15 is 0 Å². The highest BCUT2D eigenvalue weighted by atomic mass is 16.5. The zero-order chi connectivity index (χ0) is 29.0. The molecule has 2 fully saturated rings. The summed E-state index contributed by atoms with van der Waals surface area (Å²) in [5.74, 6) is 0.738. The third-order valence-electron chi connectivity index (χ3n) is 7.69. The Morgan fingerprint density at radius 1 is 0.595 bits per heavy atom. The number of anilines is 2. The normalized spacial score (nSPS) is 16.0. The fraction of sp³-hybridized carbons (Fsp3) is 0.424. The lowest BCUT2D eigenvalue weighted by atomic mass is 10.1. The Hall–Kier alpha value is -3.95. The van der Waals surface area contributed by atoms with Crippen molar-refractivity contribution in [3.8, 4) is 11.5 Å². The first-order chi connectivity index (χ1) is 20.6. The molecule has 5 rings (SSSR count). The van der Waals surface area contributed by atoms with Crippen LogP contribution in [0.4, 0.5) is 11.4 Å². The maximum Gasteiger partial charge on any atom is 0.274 e. The Labute approximate surface area is 248 Å². The molecular weight excluding hydrogens is 530 g/mol. The third kappa shape index (κ3) is 9.03. The highest BCUT2D eigenvalue weighted by Crippen LogP contribution is 2.19. The van der Waals surface area contributed by atoms with Crippen LogP contribution in [0.25, 0.3) is 0 Å². The van der Waals surface area contributed by atoms with E-state index in [4.69, 9.17) is 9.47 Å². The summed E-state index contributed by atoms with van der Waals surface area (Å²) in [4.78, 5) is 34.8. The Morgan fingerprint density at radius 3 is 1.40 bits per heavy atom. The van der Waals surface area contributed by atoms with Gasteiger partial charge in [0.1, 0.15) is 36.1 Å². The van der Waals surface area contributed by atoms with Crippen molar-refractivity contribution < 1.29 is 19.1 Å². The third-order valence-corrected chi connectivity index (χ3v) is 7.69. The van der Waals surface area contributed by atoms with Crippen LogP contribution < -0.4 is 20.1 Å². The minimum atomic E-state index is -0.394. The van der Waals surface area contributed by atoms with E-state index in [2.05, 4.69) is 25.4 Å². The summed E-state index contributed by atoms with van der Waals surface area (Å²) in [6.45, 7) is 7.71. The van der Waals surface area contributed by atoms with E-state index < -0.39 is 11.8 Å². The summed E-state index contributed by atoms with van der Waals surface area (Å²) in [5, 5.41) is 5.68. The van der Waals surface area contributed by atoms with Crippen LogP contribution in [0.3, 0.4) is 0 Å². The van der Waals surface area contributed by atoms with Crippen molar-refractivity contribution in [2.24, 2.45) is 0 Å². The number of hydrogen-bond donors (Lipinski definition) is 2. The van der Waals surface area contributed by atoms with Crippen LogP contribution in [0.1, 0.15) is 59.5 Å². The lowest BCUT2D eigenvalue weighted by Crippen LogP contribution is -2.33. The van der Waals surface area contributed by atoms with Crippen LogP contribution in [0.2, 0.25) is 0 Å². The largest absolute Gasteiger partial charge is 0.492 e. The maximum atomic E-state index is 12.8. The lowest BCUT2D eigenvalue weighted by molar-refractivity contribution is 0.101. The van der Waals surface area contributed by atoms with Crippen molar-refractivity contribution in [3.05, 3.63) is 78.1 Å². The fourth-order valence-corrected chi connectivity index (χ4v) is 5.30. The van der Waals surface area contributed by atoms with Gasteiger partial charge in [-0.1, -0.05) is 18.9 Å². The van der Waals surface area contributed by atoms with Crippen LogP contribution in [0.5, 0.6) is 11.5 Å². The minimum absolute atomic E-state index is 0.155. The van der Waals surface area contributed by atoms with Gasteiger partial charge in [-0.3, -0.25) is 19.4 Å². The van der Waals surface area contributed by atoms with Gasteiger partial charge in [0.05, 0.1) is 0 Å². The van der Waals surface area contributed by atoms with Gasteiger partial charge >= 0.3 is 0 Å². The van der Waals surface area contributed by atoms with E-state index in [9.17, 15) is 9.59 Å². The van der Waals surface area contributed by atoms with E-state index in [-0.39, 0.29) is 11.4 Å². The fourth-order valence-electron chi connectivity index (χ4n) is 5.30. The molecule has 2 aliphatic heterocycles. The molecule has 0 atom stereocenters. The van der Waals surface area contributed by atoms with E-state index in [0.717, 1.165) is 50.8 Å². The number of nitrogens with zero attached hydrogens (tertiary/aromatic N) is 3. The van der Waals surface area contributed by atoms with E-state index in [1.807, 2.05) is 24.3 Å². The number of benzene rings is 2. The Morgan fingerprint density at radius 2 is 1.00 bits per heavy atom. The van der Waals surface area contributed by atoms with E-state index in [0.29, 0.717) is 24.6 Å². The lowest BCUT2D eigenvalue weighted by Gasteiger charge is -2.26. The molecular formula is C33H41N5O4. The topological polar surface area (TPSA) is 96.0 Å². The highest BCUT2D eigenvalue weighted by Gasteiger charge is 2.14. The van der Waals surface area contributed by atoms with Crippen molar-refractivity contribution in [1.29, 1.82) is 0 Å². The second kappa shape index (κ2) is 15.3. The molecule has 42 heavy (non-hydrogen) atoms. The number of aromatic nitrogens is 1. The van der Waals surface area contributed by atoms with Crippen molar-refractivity contribution >= 4 is 23.2 Å². The molecule has 2 saturated heterocycles. The number of pyridine rings is 1. The number of carbonyl (C=O) groups excluding carboxylic acids is 2. The SMILES string of the molecule is O=C(Nc1ccc(OCCN2CCCCC2)cc1)c1cccc(C(=O)Nc2ccc(OCCN3CCCCC3)cc2)n1. The van der Waals surface area contributed by atoms with Crippen molar-refractivity contribution in [3.63, 3.8) is 0 Å². The predicted molar refractivity (Wildman–Crippen MR) is 165 cm³/mol. The molecule has 0 aliphatic carbocycles. The maximum absolute atomic E-state index is 12.8. The van der Waals surface area contributed by atoms with E-state index in [1.165, 1.54) is 38.5 Å². The number of carbonyl (C=O) groups is 2. The number of piperidine rings is 2. The molecule has 9 heteroatoms. The number of hydrogen-bond acceptors (Lipinski definition) is 7. The molecule has 0 bridgehead atoms. The van der Waals surface area contributed by atoms with Crippen molar-refractivity contribution in [1.82, 2.24) is 14.8 Å². The van der Waals surface area contributed by atoms with Crippen LogP contribution in [0, 0.1) is 0 Å². The summed E-state index contributed by atoms with van der Waals surface area (Å²) in [7, 11) is 0. The number of likely N-dealkylation sites (tertiary alicyclic amines) is 2. The van der Waals surface area contributed by atoms with Gasteiger partial charge < -0.3 is 20.1 Å². The molecule has 2 aliphatic rings. The summed E-state index contributed by atoms with van der Waals surface area (Å²) in [6, 6.07) is 19.4. The quantitative estimate of drug-likeness (QED) is 0.304. The minimum Gasteiger partial charge on any atom is -0.492 e. The Balaban J connectivity index is 1.07. The molecule has 222 valence electrons. The molecule has 0 radical (unpaired) electrons. The van der Waals surface area contributed by atoms with Gasteiger partial charge in [-0.05, 0) is 113 Å². The van der Waals surface area contributed by atoms with Crippen LogP contribution in [-0.2, 0) is 0 Å². The van der Waals surface area contributed by atoms with Crippen LogP contribution in [0.15, 0.2) is 66.7 Å². The number of rotatable bonds is 12. The zero-order valence-corrected chi connectivity index (χ0v) is 24.2. The molecule has 3 aromatic rings. The molecule has 0 saturated carbocycles. The summed E-state index contributed by atoms with van der Waals surface area (Å²) in [6.07, 6.45) is 7.70. The second-order valence-electron chi connectivity index (χ2n) is 10.9. The zero-order valence-electron chi connectivity index (χ0n) is 24.2. The highest BCUT2D eigenvalue weighted by molar-refractivity contribution is 6.06. The van der Waals surface area contributed by atoms with Crippen LogP contribution in [-0.4, -0.2) is 79.1 Å². The van der Waals surface area contributed by atoms with Gasteiger partial charge in [-0.25, -0.2) is 4.98 Å². The van der Waals surface area contributed by atoms with Crippen molar-refractivity contribution in [2.75, 3.05) is 63.1 Å². The van der Waals surface area contributed by atoms with Gasteiger partial charge in [0, 0.05) is 24.5 Å². The first kappa shape index (κ1) is 29.5. The summed E-state index contributed by atoms with van der Waals surface area (Å²) >= 11 is 0. The molecule has 3 heterocycles. The molecule has 2 amide bonds. The molecule has 0 spiro atoms. The average molecular weight is 572 g/mol. The number of nitrogens with one attached hydrogen (secondary N) is 2. The molecule has 0 unspecified atom stereocenters. The van der Waals surface area contributed by atoms with Gasteiger partial charge in [0.15, 0.2) is 0 Å². The molecule has 2 N–H and O–H groups in total. The average Bonchev–Trinajstić information content (AvgIpc) is 3.04. The van der Waals surface area contributed by atoms with Gasteiger partial charge in [-0.2, -0.15) is 0 Å². The Kier molecular flexibility index (Phi) is 10.8. The molecule has 9 nitrogen and oxygen atoms in total. The first-order valence-electron chi connectivity index (χ1n) is 15.1. The van der Waals surface area contributed by atoms with Gasteiger partial charge in [-0.15, -0.1) is 0 Å². The number of amides is 2. The van der Waals surface area contributed by atoms with Gasteiger partial charge in [0.25, 0.3) is 11.8 Å². The number of ether oxygens (including phenoxy) is 2. The second-order valence-corrected chi connectivity index (χ2v) is 10.9. The smallest absolute Gasteiger partial charge is 0.274 e. The summed E-state index contributed by atoms with van der Waals surface area (Å²) in [5.41, 5.74) is 1.56. The first-order valence-corrected chi connectivity index (χ1v) is 15.1. The van der Waals surface area contributed by atoms with Gasteiger partial charge in [0.2, 0.25) is 0 Å². The van der Waals surface area contributed by atoms with Crippen LogP contribution >= 0.6 is 0 Å². The molecule has 2 aromatic carbocycles. The monoisotopic (exact) mass is 571 g/mol. The van der Waals surface area contributed by atoms with Crippen molar-refractivity contribution in [2.45, 2.75) is 38.5 Å². The Bertz CT molecular complexity index is 1190. The summed E-state index contributed by atoms with van der Waals surface area (Å²) < 4.78 is 11.7. The standard InChI is InChI=1S/C33H41N5O4/c39-32(34-26-10-14-28(15-11-26)41-24-22-37-18-3-1-4-19-37)30-8-7-9-31(36-30)33(40)35-27-12-16-29(17-13-27)42-25-23-38-20-5-2-6-21-38/h7-17H,1-6,18-25H2,(H,34,39)(H,35,40). The predicted octanol–water partition coefficient (Wildman–Crippen LogP) is 5.32. The van der Waals surface area contributed by atoms with E-state index in [1.54, 1.807) is 42.5 Å².